The number of amides is 2. The van der Waals surface area contributed by atoms with Crippen LogP contribution in [0.4, 0.5) is 5.69 Å². The number of benzene rings is 1. The van der Waals surface area contributed by atoms with Crippen LogP contribution < -0.4 is 15.6 Å². The summed E-state index contributed by atoms with van der Waals surface area (Å²) in [6.45, 7) is 3.54. The first-order valence-corrected chi connectivity index (χ1v) is 11.4. The number of carbonyl (C=O) groups is 2. The van der Waals surface area contributed by atoms with Crippen LogP contribution in [0.15, 0.2) is 35.2 Å². The molecule has 1 atom stereocenters. The van der Waals surface area contributed by atoms with Crippen LogP contribution in [0.1, 0.15) is 46.8 Å². The minimum Gasteiger partial charge on any atom is -0.326 e. The second kappa shape index (κ2) is 8.42. The fourth-order valence-corrected chi connectivity index (χ4v) is 5.16. The highest BCUT2D eigenvalue weighted by Gasteiger charge is 2.23. The monoisotopic (exact) mass is 421 g/mol. The Morgan fingerprint density at radius 2 is 1.93 bits per heavy atom. The molecule has 2 aromatic rings. The lowest BCUT2D eigenvalue weighted by Crippen LogP contribution is -2.41. The van der Waals surface area contributed by atoms with E-state index in [-0.39, 0.29) is 10.8 Å². The second-order valence-corrected chi connectivity index (χ2v) is 9.66. The lowest BCUT2D eigenvalue weighted by Gasteiger charge is -2.19. The van der Waals surface area contributed by atoms with Gasteiger partial charge in [-0.15, -0.1) is 16.2 Å². The molecule has 3 N–H and O–H groups in total. The Balaban J connectivity index is 1.64. The van der Waals surface area contributed by atoms with Crippen LogP contribution in [0.2, 0.25) is 0 Å². The number of aryl methyl sites for hydroxylation is 1. The Labute approximate surface area is 168 Å². The number of hydrazine groups is 1. The first-order valence-electron chi connectivity index (χ1n) is 9.10. The zero-order chi connectivity index (χ0) is 20.3. The summed E-state index contributed by atoms with van der Waals surface area (Å²) >= 11 is 1.42. The molecule has 0 saturated heterocycles. The van der Waals surface area contributed by atoms with E-state index >= 15 is 0 Å². The third-order valence-corrected chi connectivity index (χ3v) is 7.27. The van der Waals surface area contributed by atoms with Gasteiger partial charge in [-0.3, -0.25) is 15.0 Å². The summed E-state index contributed by atoms with van der Waals surface area (Å²) in [6, 6.07) is 7.54. The number of thiophene rings is 1. The van der Waals surface area contributed by atoms with E-state index in [9.17, 15) is 18.0 Å². The molecule has 0 unspecified atom stereocenters. The predicted octanol–water partition coefficient (Wildman–Crippen LogP) is 2.84. The number of fused-ring (bicyclic) bond motifs is 1. The SMILES string of the molecule is CC[C@@H]1CCc2sc(C(=O)NNS(=O)(=O)c3ccc(NC(C)=O)cc3)cc2C1. The molecule has 0 spiro atoms. The van der Waals surface area contributed by atoms with Gasteiger partial charge in [0.1, 0.15) is 0 Å². The van der Waals surface area contributed by atoms with Crippen molar-refractivity contribution in [3.05, 3.63) is 45.6 Å². The molecular formula is C19H23N3O4S2. The third kappa shape index (κ3) is 4.78. The lowest BCUT2D eigenvalue weighted by molar-refractivity contribution is -0.114. The van der Waals surface area contributed by atoms with E-state index in [0.717, 1.165) is 25.7 Å². The van der Waals surface area contributed by atoms with Crippen molar-refractivity contribution in [3.8, 4) is 0 Å². The van der Waals surface area contributed by atoms with Gasteiger partial charge >= 0.3 is 0 Å². The van der Waals surface area contributed by atoms with Crippen LogP contribution in [-0.4, -0.2) is 20.2 Å². The van der Waals surface area contributed by atoms with Crippen LogP contribution >= 0.6 is 11.3 Å². The number of hydrogen-bond donors (Lipinski definition) is 3. The van der Waals surface area contributed by atoms with Crippen LogP contribution in [0.3, 0.4) is 0 Å². The van der Waals surface area contributed by atoms with Crippen molar-refractivity contribution in [2.45, 2.75) is 44.4 Å². The highest BCUT2D eigenvalue weighted by Crippen LogP contribution is 2.33. The zero-order valence-corrected chi connectivity index (χ0v) is 17.4. The summed E-state index contributed by atoms with van der Waals surface area (Å²) in [5.74, 6) is -0.0623. The smallest absolute Gasteiger partial charge is 0.276 e. The maximum atomic E-state index is 12.4. The summed E-state index contributed by atoms with van der Waals surface area (Å²) in [6.07, 6.45) is 4.20. The molecule has 1 heterocycles. The quantitative estimate of drug-likeness (QED) is 0.624. The van der Waals surface area contributed by atoms with Gasteiger partial charge < -0.3 is 5.32 Å². The van der Waals surface area contributed by atoms with Gasteiger partial charge in [0.05, 0.1) is 9.77 Å². The second-order valence-electron chi connectivity index (χ2n) is 6.84. The van der Waals surface area contributed by atoms with Gasteiger partial charge in [-0.25, -0.2) is 8.42 Å². The molecule has 3 rings (SSSR count). The lowest BCUT2D eigenvalue weighted by atomic mass is 9.87. The maximum absolute atomic E-state index is 12.4. The number of carbonyl (C=O) groups excluding carboxylic acids is 2. The van der Waals surface area contributed by atoms with E-state index in [0.29, 0.717) is 16.5 Å². The highest BCUT2D eigenvalue weighted by atomic mass is 32.2. The number of rotatable bonds is 6. The van der Waals surface area contributed by atoms with Gasteiger partial charge in [-0.2, -0.15) is 0 Å². The van der Waals surface area contributed by atoms with Crippen molar-refractivity contribution in [1.82, 2.24) is 10.3 Å². The average molecular weight is 422 g/mol. The Morgan fingerprint density at radius 1 is 1.21 bits per heavy atom. The predicted molar refractivity (Wildman–Crippen MR) is 109 cm³/mol. The van der Waals surface area contributed by atoms with E-state index in [1.165, 1.54) is 53.0 Å². The minimum atomic E-state index is -3.91. The fraction of sp³-hybridized carbons (Fsp3) is 0.368. The van der Waals surface area contributed by atoms with E-state index in [2.05, 4.69) is 22.5 Å². The molecule has 28 heavy (non-hydrogen) atoms. The van der Waals surface area contributed by atoms with E-state index in [1.807, 2.05) is 6.07 Å². The van der Waals surface area contributed by atoms with Gasteiger partial charge in [0.25, 0.3) is 15.9 Å². The third-order valence-electron chi connectivity index (χ3n) is 4.77. The molecule has 0 radical (unpaired) electrons. The summed E-state index contributed by atoms with van der Waals surface area (Å²) in [5, 5.41) is 2.56. The van der Waals surface area contributed by atoms with Crippen LogP contribution in [0.25, 0.3) is 0 Å². The summed E-state index contributed by atoms with van der Waals surface area (Å²) in [4.78, 5) is 27.2. The summed E-state index contributed by atoms with van der Waals surface area (Å²) in [7, 11) is -3.91. The van der Waals surface area contributed by atoms with Gasteiger partial charge in [0, 0.05) is 17.5 Å². The molecule has 150 valence electrons. The fourth-order valence-electron chi connectivity index (χ4n) is 3.21. The summed E-state index contributed by atoms with van der Waals surface area (Å²) < 4.78 is 24.7. The van der Waals surface area contributed by atoms with Crippen molar-refractivity contribution >= 4 is 38.9 Å². The first-order chi connectivity index (χ1) is 13.3. The molecule has 0 bridgehead atoms. The standard InChI is InChI=1S/C19H23N3O4S2/c1-3-13-4-9-17-14(10-13)11-18(27-17)19(24)21-22-28(25,26)16-7-5-15(6-8-16)20-12(2)23/h5-8,11,13,22H,3-4,9-10H2,1-2H3,(H,20,23)(H,21,24)/t13-/m1/s1. The van der Waals surface area contributed by atoms with Gasteiger partial charge in [-0.05, 0) is 61.1 Å². The molecule has 1 aromatic carbocycles. The largest absolute Gasteiger partial charge is 0.326 e. The Kier molecular flexibility index (Phi) is 6.17. The topological polar surface area (TPSA) is 104 Å². The number of sulfonamides is 1. The van der Waals surface area contributed by atoms with Crippen molar-refractivity contribution in [2.75, 3.05) is 5.32 Å². The maximum Gasteiger partial charge on any atom is 0.276 e. The number of anilines is 1. The average Bonchev–Trinajstić information content (AvgIpc) is 3.09. The number of hydrogen-bond acceptors (Lipinski definition) is 5. The van der Waals surface area contributed by atoms with Crippen molar-refractivity contribution in [2.24, 2.45) is 5.92 Å². The molecule has 7 nitrogen and oxygen atoms in total. The Bertz CT molecular complexity index is 981. The highest BCUT2D eigenvalue weighted by molar-refractivity contribution is 7.89. The molecule has 9 heteroatoms. The van der Waals surface area contributed by atoms with Crippen molar-refractivity contribution < 1.29 is 18.0 Å². The Hall–Kier alpha value is -2.23. The van der Waals surface area contributed by atoms with Gasteiger partial charge in [0.15, 0.2) is 0 Å². The minimum absolute atomic E-state index is 0.0156. The van der Waals surface area contributed by atoms with Crippen LogP contribution in [0, 0.1) is 5.92 Å². The zero-order valence-electron chi connectivity index (χ0n) is 15.7. The van der Waals surface area contributed by atoms with Crippen molar-refractivity contribution in [1.29, 1.82) is 0 Å². The normalized spacial score (nSPS) is 16.3. The van der Waals surface area contributed by atoms with E-state index < -0.39 is 15.9 Å². The van der Waals surface area contributed by atoms with E-state index in [4.69, 9.17) is 0 Å². The van der Waals surface area contributed by atoms with Gasteiger partial charge in [-0.1, -0.05) is 13.3 Å². The number of nitrogens with one attached hydrogen (secondary N) is 3. The molecule has 1 aliphatic carbocycles. The molecular weight excluding hydrogens is 398 g/mol. The van der Waals surface area contributed by atoms with Crippen LogP contribution in [0.5, 0.6) is 0 Å². The summed E-state index contributed by atoms with van der Waals surface area (Å²) in [5.41, 5.74) is 3.97. The molecule has 1 aliphatic rings. The van der Waals surface area contributed by atoms with Gasteiger partial charge in [0.2, 0.25) is 5.91 Å². The van der Waals surface area contributed by atoms with E-state index in [1.54, 1.807) is 0 Å². The molecule has 0 fully saturated rings. The van der Waals surface area contributed by atoms with Crippen LogP contribution in [-0.2, 0) is 27.7 Å². The molecule has 0 saturated carbocycles. The Morgan fingerprint density at radius 3 is 2.57 bits per heavy atom. The molecule has 0 aliphatic heterocycles. The first kappa shape index (κ1) is 20.5. The van der Waals surface area contributed by atoms with Crippen molar-refractivity contribution in [3.63, 3.8) is 0 Å². The molecule has 1 aromatic heterocycles. The molecule has 2 amide bonds.